The highest BCUT2D eigenvalue weighted by molar-refractivity contribution is 6.05. The number of anilines is 1. The first-order valence-electron chi connectivity index (χ1n) is 12.1. The highest BCUT2D eigenvalue weighted by Crippen LogP contribution is 2.21. The molecule has 3 aromatic carbocycles. The number of piperazine rings is 1. The number of aryl methyl sites for hydroxylation is 1. The number of phenolic OH excluding ortho intramolecular Hbond substituents is 1. The number of phenols is 1. The van der Waals surface area contributed by atoms with E-state index in [1.165, 1.54) is 6.21 Å². The van der Waals surface area contributed by atoms with Gasteiger partial charge in [-0.3, -0.25) is 9.69 Å². The fraction of sp³-hybridized carbons (Fsp3) is 0.241. The van der Waals surface area contributed by atoms with Crippen LogP contribution in [-0.4, -0.2) is 53.2 Å². The molecule has 0 aliphatic carbocycles. The van der Waals surface area contributed by atoms with Crippen LogP contribution in [-0.2, 0) is 22.7 Å². The van der Waals surface area contributed by atoms with E-state index in [0.29, 0.717) is 24.5 Å². The van der Waals surface area contributed by atoms with Gasteiger partial charge in [-0.1, -0.05) is 54.6 Å². The van der Waals surface area contributed by atoms with Gasteiger partial charge in [0.15, 0.2) is 0 Å². The van der Waals surface area contributed by atoms with E-state index in [2.05, 4.69) is 16.3 Å². The van der Waals surface area contributed by atoms with Gasteiger partial charge in [-0.05, 0) is 47.9 Å². The Kier molecular flexibility index (Phi) is 8.36. The largest absolute Gasteiger partial charge is 0.508 e. The van der Waals surface area contributed by atoms with E-state index >= 15 is 0 Å². The maximum Gasteiger partial charge on any atom is 0.293 e. The molecule has 0 atom stereocenters. The zero-order valence-electron chi connectivity index (χ0n) is 20.5. The number of aromatic hydroxyl groups is 1. The van der Waals surface area contributed by atoms with Gasteiger partial charge >= 0.3 is 0 Å². The fourth-order valence-corrected chi connectivity index (χ4v) is 4.33. The lowest BCUT2D eigenvalue weighted by atomic mass is 10.1. The van der Waals surface area contributed by atoms with Crippen molar-refractivity contribution >= 4 is 17.8 Å². The number of allylic oxidation sites excluding steroid dienone is 1. The van der Waals surface area contributed by atoms with E-state index in [1.807, 2.05) is 72.5 Å². The number of nitrogens with zero attached hydrogens (tertiary/aromatic N) is 2. The predicted molar refractivity (Wildman–Crippen MR) is 142 cm³/mol. The summed E-state index contributed by atoms with van der Waals surface area (Å²) >= 11 is 0. The second kappa shape index (κ2) is 12.0. The van der Waals surface area contributed by atoms with E-state index in [4.69, 9.17) is 10.1 Å². The number of para-hydroxylation sites is 1. The van der Waals surface area contributed by atoms with Crippen molar-refractivity contribution in [2.45, 2.75) is 20.1 Å². The zero-order chi connectivity index (χ0) is 25.3. The Hall–Kier alpha value is -4.10. The van der Waals surface area contributed by atoms with Gasteiger partial charge in [0.2, 0.25) is 5.76 Å². The summed E-state index contributed by atoms with van der Waals surface area (Å²) in [5, 5.41) is 20.9. The lowest BCUT2D eigenvalue weighted by molar-refractivity contribution is -0.116. The molecule has 4 rings (SSSR count). The minimum Gasteiger partial charge on any atom is -0.508 e. The molecule has 0 unspecified atom stereocenters. The molecule has 1 aliphatic heterocycles. The molecule has 36 heavy (non-hydrogen) atoms. The van der Waals surface area contributed by atoms with Crippen LogP contribution in [0.5, 0.6) is 5.75 Å². The van der Waals surface area contributed by atoms with Crippen LogP contribution in [0.25, 0.3) is 0 Å². The molecule has 0 saturated carbocycles. The number of nitrogens with one attached hydrogen (secondary N) is 2. The molecule has 3 N–H and O–H groups in total. The molecular formula is C29H32N4O3. The van der Waals surface area contributed by atoms with Crippen LogP contribution in [0.4, 0.5) is 5.69 Å². The standard InChI is InChI=1S/C29H32N4O3/c1-22-16-24(18-26(34)17-22)20-32-12-14-33(15-13-32)27(19-30)28(36-21-23-8-4-2-5-9-23)29(35)31-25-10-6-3-7-11-25/h2-11,16-19,30,34H,12-15,20-21H2,1H3,(H,31,35)/b28-27-,30-19?. The third kappa shape index (κ3) is 6.73. The number of rotatable bonds is 9. The molecule has 186 valence electrons. The van der Waals surface area contributed by atoms with E-state index in [9.17, 15) is 9.90 Å². The number of benzene rings is 3. The highest BCUT2D eigenvalue weighted by Gasteiger charge is 2.25. The smallest absolute Gasteiger partial charge is 0.293 e. The Bertz CT molecular complexity index is 1180. The van der Waals surface area contributed by atoms with Crippen LogP contribution in [0.15, 0.2) is 90.3 Å². The second-order valence-corrected chi connectivity index (χ2v) is 8.89. The Balaban J connectivity index is 1.50. The summed E-state index contributed by atoms with van der Waals surface area (Å²) in [5.74, 6) is 0.0327. The van der Waals surface area contributed by atoms with Crippen LogP contribution in [0.2, 0.25) is 0 Å². The van der Waals surface area contributed by atoms with Crippen LogP contribution < -0.4 is 5.32 Å². The zero-order valence-corrected chi connectivity index (χ0v) is 20.5. The maximum atomic E-state index is 13.3. The number of amides is 1. The molecule has 1 heterocycles. The van der Waals surface area contributed by atoms with Crippen molar-refractivity contribution < 1.29 is 14.6 Å². The van der Waals surface area contributed by atoms with Crippen LogP contribution in [0.1, 0.15) is 16.7 Å². The number of hydrogen-bond acceptors (Lipinski definition) is 6. The molecular weight excluding hydrogens is 452 g/mol. The van der Waals surface area contributed by atoms with Crippen molar-refractivity contribution in [2.24, 2.45) is 0 Å². The lowest BCUT2D eigenvalue weighted by Gasteiger charge is -2.36. The average molecular weight is 485 g/mol. The third-order valence-corrected chi connectivity index (χ3v) is 6.07. The summed E-state index contributed by atoms with van der Waals surface area (Å²) in [6.07, 6.45) is 1.21. The highest BCUT2D eigenvalue weighted by atomic mass is 16.5. The summed E-state index contributed by atoms with van der Waals surface area (Å²) < 4.78 is 6.05. The Morgan fingerprint density at radius 3 is 2.28 bits per heavy atom. The van der Waals surface area contributed by atoms with Crippen molar-refractivity contribution in [1.82, 2.24) is 9.80 Å². The van der Waals surface area contributed by atoms with Gasteiger partial charge in [0.05, 0.1) is 0 Å². The van der Waals surface area contributed by atoms with Crippen molar-refractivity contribution in [2.75, 3.05) is 31.5 Å². The van der Waals surface area contributed by atoms with Gasteiger partial charge in [0, 0.05) is 44.6 Å². The molecule has 1 fully saturated rings. The van der Waals surface area contributed by atoms with Gasteiger partial charge in [-0.15, -0.1) is 0 Å². The van der Waals surface area contributed by atoms with Crippen LogP contribution in [0.3, 0.4) is 0 Å². The fourth-order valence-electron chi connectivity index (χ4n) is 4.33. The summed E-state index contributed by atoms with van der Waals surface area (Å²) in [6, 6.07) is 24.5. The molecule has 0 aromatic heterocycles. The monoisotopic (exact) mass is 484 g/mol. The summed E-state index contributed by atoms with van der Waals surface area (Å²) in [7, 11) is 0. The van der Waals surface area contributed by atoms with E-state index < -0.39 is 0 Å². The maximum absolute atomic E-state index is 13.3. The van der Waals surface area contributed by atoms with Gasteiger partial charge in [-0.2, -0.15) is 0 Å². The summed E-state index contributed by atoms with van der Waals surface area (Å²) in [4.78, 5) is 17.6. The van der Waals surface area contributed by atoms with Gasteiger partial charge in [0.1, 0.15) is 18.1 Å². The molecule has 3 aromatic rings. The first kappa shape index (κ1) is 25.0. The Morgan fingerprint density at radius 2 is 1.64 bits per heavy atom. The number of carbonyl (C=O) groups excluding carboxylic acids is 1. The van der Waals surface area contributed by atoms with E-state index in [0.717, 1.165) is 36.3 Å². The SMILES string of the molecule is Cc1cc(O)cc(CN2CCN(/C(C=N)=C(\OCc3ccccc3)C(=O)Nc3ccccc3)CC2)c1. The van der Waals surface area contributed by atoms with Crippen molar-refractivity contribution in [3.05, 3.63) is 107 Å². The third-order valence-electron chi connectivity index (χ3n) is 6.07. The number of carbonyl (C=O) groups is 1. The van der Waals surface area contributed by atoms with Gasteiger partial charge < -0.3 is 25.5 Å². The molecule has 0 bridgehead atoms. The van der Waals surface area contributed by atoms with Crippen molar-refractivity contribution in [3.63, 3.8) is 0 Å². The first-order valence-corrected chi connectivity index (χ1v) is 12.1. The normalized spacial score (nSPS) is 14.6. The molecule has 0 spiro atoms. The average Bonchev–Trinajstić information content (AvgIpc) is 2.88. The van der Waals surface area contributed by atoms with Crippen LogP contribution >= 0.6 is 0 Å². The summed E-state index contributed by atoms with van der Waals surface area (Å²) in [6.45, 7) is 5.76. The molecule has 1 saturated heterocycles. The first-order chi connectivity index (χ1) is 17.5. The van der Waals surface area contributed by atoms with Crippen molar-refractivity contribution in [3.8, 4) is 5.75 Å². The predicted octanol–water partition coefficient (Wildman–Crippen LogP) is 4.53. The molecule has 0 radical (unpaired) electrons. The Morgan fingerprint density at radius 1 is 0.972 bits per heavy atom. The molecule has 1 amide bonds. The lowest BCUT2D eigenvalue weighted by Crippen LogP contribution is -2.46. The quantitative estimate of drug-likeness (QED) is 0.236. The number of hydrogen-bond donors (Lipinski definition) is 3. The molecule has 1 aliphatic rings. The molecule has 7 heteroatoms. The van der Waals surface area contributed by atoms with E-state index in [-0.39, 0.29) is 24.0 Å². The minimum absolute atomic E-state index is 0.134. The van der Waals surface area contributed by atoms with Gasteiger partial charge in [-0.25, -0.2) is 0 Å². The number of ether oxygens (including phenoxy) is 1. The topological polar surface area (TPSA) is 88.9 Å². The minimum atomic E-state index is -0.381. The second-order valence-electron chi connectivity index (χ2n) is 8.89. The van der Waals surface area contributed by atoms with E-state index in [1.54, 1.807) is 12.1 Å². The Labute approximate surface area is 212 Å². The van der Waals surface area contributed by atoms with Crippen LogP contribution in [0, 0.1) is 12.3 Å². The van der Waals surface area contributed by atoms with Crippen molar-refractivity contribution in [1.29, 1.82) is 5.41 Å². The summed E-state index contributed by atoms with van der Waals surface area (Å²) in [5.41, 5.74) is 4.17. The molecule has 7 nitrogen and oxygen atoms in total. The van der Waals surface area contributed by atoms with Gasteiger partial charge in [0.25, 0.3) is 5.91 Å².